The number of nitrogen functional groups attached to an aromatic ring is 1. The van der Waals surface area contributed by atoms with Gasteiger partial charge in [0.1, 0.15) is 48.0 Å². The fourth-order valence-electron chi connectivity index (χ4n) is 6.48. The minimum absolute atomic E-state index is 0.00260. The van der Waals surface area contributed by atoms with Gasteiger partial charge in [0.25, 0.3) is 56.3 Å². The van der Waals surface area contributed by atoms with Gasteiger partial charge in [-0.3, -0.25) is 32.9 Å². The predicted molar refractivity (Wildman–Crippen MR) is 267 cm³/mol. The maximum absolute atomic E-state index is 13.0. The number of anilines is 1. The lowest BCUT2D eigenvalue weighted by Crippen LogP contribution is -2.03. The lowest BCUT2D eigenvalue weighted by Gasteiger charge is -2.13. The molecule has 0 aromatic heterocycles. The maximum atomic E-state index is 13.0. The molecule has 0 spiro atoms. The highest BCUT2D eigenvalue weighted by molar-refractivity contribution is 7.87. The van der Waals surface area contributed by atoms with E-state index in [1.165, 1.54) is 36.4 Å². The first-order chi connectivity index (χ1) is 36.9. The molecule has 7 aromatic carbocycles. The van der Waals surface area contributed by atoms with Crippen molar-refractivity contribution >= 4 is 150 Å². The summed E-state index contributed by atoms with van der Waals surface area (Å²) in [5.74, 6) is -2.12. The van der Waals surface area contributed by atoms with Gasteiger partial charge in [-0.05, 0) is 84.9 Å². The van der Waals surface area contributed by atoms with Crippen LogP contribution in [0.4, 0.5) is 56.9 Å². The highest BCUT2D eigenvalue weighted by Gasteiger charge is 2.29. The lowest BCUT2D eigenvalue weighted by molar-refractivity contribution is -0.385. The average Bonchev–Trinajstić information content (AvgIpc) is 3.33. The summed E-state index contributed by atoms with van der Waals surface area (Å²) < 4.78 is 223. The van der Waals surface area contributed by atoms with Crippen molar-refractivity contribution in [1.82, 2.24) is 0 Å². The summed E-state index contributed by atoms with van der Waals surface area (Å²) in [5.41, 5.74) is 1.48. The number of hydrogen-bond donors (Lipinski definition) is 8. The SMILES string of the molecule is Nc1c(N=Nc2ccc3c(O)c(N=Nc4ccc(N=Nc5ccc(S(=O)(=O)O)cc5)cc4)c(S(=O)(=O)O)cc3c2S(=O)(=O)O)cc(S(=O)(=O)O)c2ccc(N=Nc3ccc([N+](=O)[O-])cc3S(=O)(=O)O)c(O)c12.O=S(=O)=O.O=S(=O)=O. The Morgan fingerprint density at radius 3 is 1.32 bits per heavy atom. The second kappa shape index (κ2) is 24.0. The van der Waals surface area contributed by atoms with E-state index in [2.05, 4.69) is 40.9 Å². The van der Waals surface area contributed by atoms with Crippen LogP contribution in [0.2, 0.25) is 0 Å². The molecule has 0 amide bonds. The van der Waals surface area contributed by atoms with Crippen molar-refractivity contribution in [3.8, 4) is 11.5 Å². The van der Waals surface area contributed by atoms with Crippen LogP contribution >= 0.6 is 0 Å². The van der Waals surface area contributed by atoms with Crippen LogP contribution in [-0.2, 0) is 71.8 Å². The van der Waals surface area contributed by atoms with Crippen LogP contribution in [-0.4, -0.2) is 105 Å². The molecule has 0 aliphatic heterocycles. The van der Waals surface area contributed by atoms with E-state index in [1.807, 2.05) is 0 Å². The van der Waals surface area contributed by atoms with Gasteiger partial charge in [0.05, 0.1) is 38.0 Å². The van der Waals surface area contributed by atoms with E-state index < -0.39 is 169 Å². The van der Waals surface area contributed by atoms with Crippen molar-refractivity contribution in [2.45, 2.75) is 24.5 Å². The Morgan fingerprint density at radius 2 is 0.850 bits per heavy atom. The molecule has 7 rings (SSSR count). The quantitative estimate of drug-likeness (QED) is 0.0183. The molecule has 42 heteroatoms. The number of phenolic OH excluding ortho intramolecular Hbond substituents is 2. The Hall–Kier alpha value is -8.95. The largest absolute Gasteiger partial charge is 0.505 e. The molecule has 35 nitrogen and oxygen atoms in total. The van der Waals surface area contributed by atoms with E-state index in [4.69, 9.17) is 35.5 Å². The number of phenols is 2. The van der Waals surface area contributed by atoms with Crippen LogP contribution in [0.5, 0.6) is 11.5 Å². The third-order valence-corrected chi connectivity index (χ3v) is 14.2. The highest BCUT2D eigenvalue weighted by Crippen LogP contribution is 2.48. The minimum Gasteiger partial charge on any atom is -0.505 e. The van der Waals surface area contributed by atoms with E-state index >= 15 is 0 Å². The maximum Gasteiger partial charge on any atom is 0.425 e. The molecular weight excluding hydrogens is 1220 g/mol. The summed E-state index contributed by atoms with van der Waals surface area (Å²) in [6.45, 7) is 0. The molecule has 0 atom stereocenters. The molecule has 9 N–H and O–H groups in total. The molecular formula is C38H26N10O25S7. The Balaban J connectivity index is 0.00000138. The monoisotopic (exact) mass is 1250 g/mol. The Labute approximate surface area is 448 Å². The number of rotatable bonds is 14. The van der Waals surface area contributed by atoms with Gasteiger partial charge in [-0.15, -0.1) is 50.8 Å². The van der Waals surface area contributed by atoms with E-state index in [1.54, 1.807) is 0 Å². The number of fused-ring (bicyclic) bond motifs is 2. The van der Waals surface area contributed by atoms with E-state index in [9.17, 15) is 80.6 Å². The highest BCUT2D eigenvalue weighted by atomic mass is 32.2. The molecule has 0 saturated heterocycles. The number of benzene rings is 7. The van der Waals surface area contributed by atoms with Gasteiger partial charge in [-0.1, -0.05) is 6.07 Å². The Kier molecular flexibility index (Phi) is 18.5. The van der Waals surface area contributed by atoms with Crippen molar-refractivity contribution < 1.29 is 105 Å². The summed E-state index contributed by atoms with van der Waals surface area (Å²) in [4.78, 5) is 5.27. The zero-order chi connectivity index (χ0) is 60.0. The minimum atomic E-state index is -5.55. The van der Waals surface area contributed by atoms with Crippen molar-refractivity contribution in [2.75, 3.05) is 5.73 Å². The molecule has 0 radical (unpaired) electrons. The standard InChI is InChI=1S/C38H26N10O19S5.2O3S/c39-34-29(17-30(69(56,57)58)24-11-13-27(37(50)33(24)34)44-43-26-12-7-21(48(51)52)15-31(26)70(59,60)61)46-45-28-14-10-23-25(38(28)72(65,66)67)16-32(71(62,63)64)35(36(23)49)47-42-19-3-1-18(2-4-19)40-41-20-5-8-22(9-6-20)68(53,54)55;2*1-4(2)3/h1-17,49-50H,39H2,(H,53,54,55)(H,56,57,58)(H,59,60,61)(H,62,63,64)(H,65,66,67);;. The zero-order valence-corrected chi connectivity index (χ0v) is 44.0. The number of nitro benzene ring substituents is 1. The molecule has 0 aliphatic carbocycles. The average molecular weight is 1250 g/mol. The van der Waals surface area contributed by atoms with Gasteiger partial charge >= 0.3 is 21.2 Å². The van der Waals surface area contributed by atoms with Crippen LogP contribution < -0.4 is 5.73 Å². The topological polar surface area (TPSA) is 583 Å². The van der Waals surface area contributed by atoms with Crippen molar-refractivity contribution in [2.24, 2.45) is 40.9 Å². The Morgan fingerprint density at radius 1 is 0.425 bits per heavy atom. The molecule has 0 saturated carbocycles. The Bertz CT molecular complexity index is 4640. The molecule has 420 valence electrons. The fourth-order valence-corrected chi connectivity index (χ4v) is 9.78. The van der Waals surface area contributed by atoms with Gasteiger partial charge in [0, 0.05) is 28.3 Å². The van der Waals surface area contributed by atoms with Crippen LogP contribution in [0.25, 0.3) is 21.5 Å². The number of nitrogens with two attached hydrogens (primary N) is 1. The molecule has 0 bridgehead atoms. The van der Waals surface area contributed by atoms with E-state index in [-0.39, 0.29) is 22.0 Å². The summed E-state index contributed by atoms with van der Waals surface area (Å²) in [6, 6.07) is 16.8. The first kappa shape index (κ1) is 61.9. The zero-order valence-electron chi connectivity index (χ0n) is 38.3. The van der Waals surface area contributed by atoms with Crippen LogP contribution in [0.3, 0.4) is 0 Å². The summed E-state index contributed by atoms with van der Waals surface area (Å²) in [6.07, 6.45) is 0. The fraction of sp³-hybridized carbons (Fsp3) is 0. The van der Waals surface area contributed by atoms with E-state index in [0.29, 0.717) is 18.2 Å². The number of nitro groups is 1. The van der Waals surface area contributed by atoms with Gasteiger partial charge in [-0.2, -0.15) is 57.4 Å². The number of non-ortho nitro benzene ring substituents is 1. The molecule has 0 heterocycles. The molecule has 0 fully saturated rings. The third-order valence-electron chi connectivity index (χ3n) is 9.71. The van der Waals surface area contributed by atoms with Crippen molar-refractivity contribution in [3.05, 3.63) is 113 Å². The summed E-state index contributed by atoms with van der Waals surface area (Å²) >= 11 is 0. The second-order valence-corrected chi connectivity index (χ2v) is 22.5. The molecule has 80 heavy (non-hydrogen) atoms. The molecule has 0 aliphatic rings. The van der Waals surface area contributed by atoms with Crippen LogP contribution in [0.1, 0.15) is 0 Å². The van der Waals surface area contributed by atoms with Gasteiger partial charge in [0.15, 0.2) is 11.5 Å². The number of hydrogen-bond acceptors (Lipinski definition) is 29. The second-order valence-electron chi connectivity index (χ2n) is 14.7. The summed E-state index contributed by atoms with van der Waals surface area (Å²) in [7, 11) is -32.1. The normalized spacial score (nSPS) is 12.4. The van der Waals surface area contributed by atoms with Crippen LogP contribution in [0, 0.1) is 10.1 Å². The molecule has 0 unspecified atom stereocenters. The first-order valence-electron chi connectivity index (χ1n) is 19.9. The molecule has 7 aromatic rings. The number of aromatic hydroxyl groups is 2. The third kappa shape index (κ3) is 15.4. The van der Waals surface area contributed by atoms with Crippen molar-refractivity contribution in [1.29, 1.82) is 0 Å². The smallest absolute Gasteiger partial charge is 0.425 e. The first-order valence-corrected chi connectivity index (χ1v) is 29.1. The number of nitrogens with zero attached hydrogens (tertiary/aromatic N) is 9. The number of azo groups is 4. The van der Waals surface area contributed by atoms with Gasteiger partial charge in [0.2, 0.25) is 0 Å². The van der Waals surface area contributed by atoms with Crippen LogP contribution in [0.15, 0.2) is 169 Å². The lowest BCUT2D eigenvalue weighted by atomic mass is 10.1. The predicted octanol–water partition coefficient (Wildman–Crippen LogP) is 6.78. The summed E-state index contributed by atoms with van der Waals surface area (Å²) in [5, 5.41) is 61.5. The van der Waals surface area contributed by atoms with Crippen molar-refractivity contribution in [3.63, 3.8) is 0 Å². The van der Waals surface area contributed by atoms with E-state index in [0.717, 1.165) is 48.5 Å². The van der Waals surface area contributed by atoms with Gasteiger partial charge < -0.3 is 15.9 Å². The van der Waals surface area contributed by atoms with Gasteiger partial charge in [-0.25, -0.2) is 0 Å².